The lowest BCUT2D eigenvalue weighted by Crippen LogP contribution is -2.30. The molecule has 0 aromatic heterocycles. The van der Waals surface area contributed by atoms with Crippen LogP contribution in [0.5, 0.6) is 0 Å². The highest BCUT2D eigenvalue weighted by Gasteiger charge is 2.19. The van der Waals surface area contributed by atoms with E-state index >= 15 is 0 Å². The number of carbonyl (C=O) groups excluding carboxylic acids is 3. The molecule has 0 saturated heterocycles. The summed E-state index contributed by atoms with van der Waals surface area (Å²) in [5, 5.41) is 0. The molecule has 0 aliphatic rings. The number of ether oxygens (including phenoxy) is 3. The van der Waals surface area contributed by atoms with Gasteiger partial charge in [0.1, 0.15) is 13.2 Å². The fourth-order valence-electron chi connectivity index (χ4n) is 9.82. The minimum absolute atomic E-state index is 0.103. The minimum atomic E-state index is -0.814. The van der Waals surface area contributed by atoms with Crippen molar-refractivity contribution in [3.05, 3.63) is 85.1 Å². The maximum Gasteiger partial charge on any atom is 0.306 e. The molecule has 0 fully saturated rings. The van der Waals surface area contributed by atoms with Crippen LogP contribution in [0, 0.1) is 0 Å². The van der Waals surface area contributed by atoms with Crippen LogP contribution in [-0.4, -0.2) is 37.2 Å². The molecule has 0 aromatic rings. The van der Waals surface area contributed by atoms with Crippen molar-refractivity contribution in [2.24, 2.45) is 0 Å². The van der Waals surface area contributed by atoms with Crippen LogP contribution in [0.2, 0.25) is 0 Å². The minimum Gasteiger partial charge on any atom is -0.462 e. The van der Waals surface area contributed by atoms with E-state index in [2.05, 4.69) is 99.8 Å². The third-order valence-corrected chi connectivity index (χ3v) is 14.9. The van der Waals surface area contributed by atoms with Crippen molar-refractivity contribution in [2.45, 2.75) is 348 Å². The van der Waals surface area contributed by atoms with Crippen molar-refractivity contribution in [3.8, 4) is 0 Å². The SMILES string of the molecule is CC/C=C\C/C=C\C/C=C\C/C=C\C/C=C\C/C=C\CCC(=O)OC(COC(=O)CCCCCCCCCCC)COC(=O)CCCCCCCCCCCCCCCCCCCCCCC/C=C\CCCCCCCCCC. The predicted octanol–water partition coefficient (Wildman–Crippen LogP) is 23.4. The third kappa shape index (κ3) is 65.3. The number of carbonyl (C=O) groups is 3. The molecule has 0 aromatic carbocycles. The van der Waals surface area contributed by atoms with Crippen LogP contribution >= 0.6 is 0 Å². The van der Waals surface area contributed by atoms with E-state index in [9.17, 15) is 14.4 Å². The average molecular weight is 1100 g/mol. The first-order chi connectivity index (χ1) is 39.0. The highest BCUT2D eigenvalue weighted by molar-refractivity contribution is 5.71. The van der Waals surface area contributed by atoms with Gasteiger partial charge >= 0.3 is 17.9 Å². The van der Waals surface area contributed by atoms with Gasteiger partial charge in [-0.05, 0) is 83.5 Å². The van der Waals surface area contributed by atoms with Gasteiger partial charge in [-0.25, -0.2) is 0 Å². The molecule has 6 nitrogen and oxygen atoms in total. The average Bonchev–Trinajstić information content (AvgIpc) is 3.45. The molecule has 79 heavy (non-hydrogen) atoms. The van der Waals surface area contributed by atoms with Crippen molar-refractivity contribution in [2.75, 3.05) is 13.2 Å². The summed E-state index contributed by atoms with van der Waals surface area (Å²) in [4.78, 5) is 38.1. The molecule has 0 aliphatic heterocycles. The monoisotopic (exact) mass is 1100 g/mol. The number of rotatable bonds is 62. The third-order valence-electron chi connectivity index (χ3n) is 14.9. The number of hydrogen-bond acceptors (Lipinski definition) is 6. The molecule has 456 valence electrons. The first-order valence-electron chi connectivity index (χ1n) is 34.1. The van der Waals surface area contributed by atoms with Gasteiger partial charge in [0.25, 0.3) is 0 Å². The molecule has 1 atom stereocenters. The maximum atomic E-state index is 12.8. The molecule has 0 bridgehead atoms. The van der Waals surface area contributed by atoms with E-state index in [4.69, 9.17) is 14.2 Å². The van der Waals surface area contributed by atoms with Crippen LogP contribution in [0.4, 0.5) is 0 Å². The first kappa shape index (κ1) is 75.6. The molecule has 0 rings (SSSR count). The Hall–Kier alpha value is -3.41. The van der Waals surface area contributed by atoms with Crippen LogP contribution in [0.1, 0.15) is 342 Å². The summed E-state index contributed by atoms with van der Waals surface area (Å²) in [7, 11) is 0. The van der Waals surface area contributed by atoms with E-state index < -0.39 is 6.10 Å². The normalized spacial score (nSPS) is 12.6. The lowest BCUT2D eigenvalue weighted by molar-refractivity contribution is -0.166. The lowest BCUT2D eigenvalue weighted by atomic mass is 10.0. The quantitative estimate of drug-likeness (QED) is 0.0261. The summed E-state index contributed by atoms with van der Waals surface area (Å²) in [6, 6.07) is 0. The van der Waals surface area contributed by atoms with Crippen molar-refractivity contribution in [3.63, 3.8) is 0 Å². The zero-order chi connectivity index (χ0) is 57.1. The smallest absolute Gasteiger partial charge is 0.306 e. The second-order valence-corrected chi connectivity index (χ2v) is 22.7. The Kier molecular flexibility index (Phi) is 64.2. The summed E-state index contributed by atoms with van der Waals surface area (Å²) in [6.07, 6.45) is 89.4. The van der Waals surface area contributed by atoms with Crippen LogP contribution in [0.3, 0.4) is 0 Å². The molecule has 6 heteroatoms. The number of allylic oxidation sites excluding steroid dienone is 14. The zero-order valence-corrected chi connectivity index (χ0v) is 52.4. The van der Waals surface area contributed by atoms with E-state index in [0.717, 1.165) is 77.0 Å². The van der Waals surface area contributed by atoms with E-state index in [1.165, 1.54) is 218 Å². The van der Waals surface area contributed by atoms with E-state index in [1.807, 2.05) is 6.08 Å². The lowest BCUT2D eigenvalue weighted by Gasteiger charge is -2.18. The molecule has 0 heterocycles. The number of hydrogen-bond donors (Lipinski definition) is 0. The van der Waals surface area contributed by atoms with E-state index in [0.29, 0.717) is 19.3 Å². The van der Waals surface area contributed by atoms with Crippen molar-refractivity contribution in [1.29, 1.82) is 0 Å². The van der Waals surface area contributed by atoms with Gasteiger partial charge in [-0.3, -0.25) is 14.4 Å². The summed E-state index contributed by atoms with van der Waals surface area (Å²) in [5.74, 6) is -0.978. The number of unbranched alkanes of at least 4 members (excludes halogenated alkanes) is 37. The second-order valence-electron chi connectivity index (χ2n) is 22.7. The first-order valence-corrected chi connectivity index (χ1v) is 34.1. The van der Waals surface area contributed by atoms with Crippen molar-refractivity contribution in [1.82, 2.24) is 0 Å². The summed E-state index contributed by atoms with van der Waals surface area (Å²) in [5.41, 5.74) is 0. The fraction of sp³-hybridized carbons (Fsp3) is 0.767. The van der Waals surface area contributed by atoms with Gasteiger partial charge < -0.3 is 14.2 Å². The fourth-order valence-corrected chi connectivity index (χ4v) is 9.82. The predicted molar refractivity (Wildman–Crippen MR) is 344 cm³/mol. The molecule has 1 unspecified atom stereocenters. The van der Waals surface area contributed by atoms with Crippen LogP contribution in [0.25, 0.3) is 0 Å². The van der Waals surface area contributed by atoms with Crippen LogP contribution < -0.4 is 0 Å². The topological polar surface area (TPSA) is 78.9 Å². The van der Waals surface area contributed by atoms with Gasteiger partial charge in [-0.1, -0.05) is 324 Å². The Morgan fingerprint density at radius 2 is 0.519 bits per heavy atom. The Balaban J connectivity index is 4.12. The highest BCUT2D eigenvalue weighted by Crippen LogP contribution is 2.17. The van der Waals surface area contributed by atoms with Gasteiger partial charge in [0, 0.05) is 19.3 Å². The van der Waals surface area contributed by atoms with Gasteiger partial charge in [-0.2, -0.15) is 0 Å². The van der Waals surface area contributed by atoms with Gasteiger partial charge in [0.05, 0.1) is 0 Å². The van der Waals surface area contributed by atoms with Crippen molar-refractivity contribution >= 4 is 17.9 Å². The molecule has 0 N–H and O–H groups in total. The molecule has 0 saturated carbocycles. The Morgan fingerprint density at radius 1 is 0.266 bits per heavy atom. The molecule has 0 amide bonds. The van der Waals surface area contributed by atoms with Gasteiger partial charge in [-0.15, -0.1) is 0 Å². The van der Waals surface area contributed by atoms with E-state index in [1.54, 1.807) is 0 Å². The molecule has 0 spiro atoms. The Morgan fingerprint density at radius 3 is 0.823 bits per heavy atom. The highest BCUT2D eigenvalue weighted by atomic mass is 16.6. The van der Waals surface area contributed by atoms with Gasteiger partial charge in [0.2, 0.25) is 0 Å². The molecular weight excluding hydrogens is 973 g/mol. The standard InChI is InChI=1S/C73H128O6/c1-4-7-10-13-16-19-21-23-25-27-29-30-31-32-33-34-35-36-37-38-39-40-41-42-44-45-47-49-51-54-57-60-63-66-72(75)78-69-70(68-77-71(74)65-62-59-56-53-18-15-12-9-6-3)79-73(76)67-64-61-58-55-52-50-48-46-43-28-26-24-22-20-17-14-11-8-5-2/h8,11,17,20,24,26-27,29,43,46,50,52,58,61,70H,4-7,9-10,12-16,18-19,21-23,25,28,30-42,44-45,47-49,51,53-57,59-60,62-69H2,1-3H3/b11-8-,20-17-,26-24-,29-27-,46-43-,52-50-,61-58-. The maximum absolute atomic E-state index is 12.8. The summed E-state index contributed by atoms with van der Waals surface area (Å²) >= 11 is 0. The molecular formula is C73H128O6. The Labute approximate surface area is 490 Å². The largest absolute Gasteiger partial charge is 0.462 e. The van der Waals surface area contributed by atoms with Crippen LogP contribution in [0.15, 0.2) is 85.1 Å². The second kappa shape index (κ2) is 67.1. The Bertz CT molecular complexity index is 1500. The number of esters is 3. The van der Waals surface area contributed by atoms with E-state index in [-0.39, 0.29) is 37.5 Å². The van der Waals surface area contributed by atoms with Crippen molar-refractivity contribution < 1.29 is 28.6 Å². The zero-order valence-electron chi connectivity index (χ0n) is 52.4. The molecule has 0 radical (unpaired) electrons. The van der Waals surface area contributed by atoms with Crippen LogP contribution in [-0.2, 0) is 28.6 Å². The summed E-state index contributed by atoms with van der Waals surface area (Å²) < 4.78 is 16.8. The van der Waals surface area contributed by atoms with Gasteiger partial charge in [0.15, 0.2) is 6.10 Å². The summed E-state index contributed by atoms with van der Waals surface area (Å²) in [6.45, 7) is 6.48. The molecule has 0 aliphatic carbocycles.